The normalized spacial score (nSPS) is 49.2. The average Bonchev–Trinajstić information content (AvgIpc) is 3.09. The molecule has 1 aliphatic carbocycles. The number of nitrogens with zero attached hydrogens (tertiary/aromatic N) is 1. The van der Waals surface area contributed by atoms with Gasteiger partial charge in [-0.2, -0.15) is 0 Å². The van der Waals surface area contributed by atoms with Crippen molar-refractivity contribution in [3.63, 3.8) is 0 Å². The topological polar surface area (TPSA) is 24.5 Å². The van der Waals surface area contributed by atoms with Crippen molar-refractivity contribution in [3.05, 3.63) is 0 Å². The highest BCUT2D eigenvalue weighted by atomic mass is 16.5. The van der Waals surface area contributed by atoms with Gasteiger partial charge in [0.15, 0.2) is 0 Å². The fourth-order valence-corrected chi connectivity index (χ4v) is 4.94. The van der Waals surface area contributed by atoms with Gasteiger partial charge in [0.25, 0.3) is 0 Å². The van der Waals surface area contributed by atoms with Crippen LogP contribution in [0, 0.1) is 11.8 Å². The molecule has 2 bridgehead atoms. The van der Waals surface area contributed by atoms with Gasteiger partial charge < -0.3 is 10.1 Å². The molecule has 0 aromatic rings. The molecule has 0 radical (unpaired) electrons. The summed E-state index contributed by atoms with van der Waals surface area (Å²) in [6.07, 6.45) is 7.84. The molecule has 1 N–H and O–H groups in total. The monoisotopic (exact) mass is 278 g/mol. The van der Waals surface area contributed by atoms with Gasteiger partial charge in [-0.15, -0.1) is 0 Å². The Kier molecular flexibility index (Phi) is 3.17. The van der Waals surface area contributed by atoms with Crippen molar-refractivity contribution in [2.24, 2.45) is 11.8 Å². The summed E-state index contributed by atoms with van der Waals surface area (Å²) in [4.78, 5) is 2.85. The first kappa shape index (κ1) is 13.5. The van der Waals surface area contributed by atoms with Gasteiger partial charge in [-0.05, 0) is 50.9 Å². The van der Waals surface area contributed by atoms with E-state index in [9.17, 15) is 0 Å². The van der Waals surface area contributed by atoms with Crippen molar-refractivity contribution in [1.29, 1.82) is 0 Å². The van der Waals surface area contributed by atoms with Gasteiger partial charge in [-0.3, -0.25) is 4.90 Å². The van der Waals surface area contributed by atoms with E-state index in [1.807, 2.05) is 0 Å². The van der Waals surface area contributed by atoms with Crippen LogP contribution in [0.3, 0.4) is 0 Å². The maximum atomic E-state index is 6.15. The first-order valence-electron chi connectivity index (χ1n) is 8.73. The highest BCUT2D eigenvalue weighted by Crippen LogP contribution is 2.45. The lowest BCUT2D eigenvalue weighted by molar-refractivity contribution is -0.00846. The van der Waals surface area contributed by atoms with Crippen molar-refractivity contribution < 1.29 is 4.74 Å². The van der Waals surface area contributed by atoms with Gasteiger partial charge in [0, 0.05) is 30.7 Å². The van der Waals surface area contributed by atoms with Crippen LogP contribution in [0.2, 0.25) is 0 Å². The predicted molar refractivity (Wildman–Crippen MR) is 80.8 cm³/mol. The SMILES string of the molecule is CC(C)C1CNC(C)(C2CC2)CN1C1CC2CCC1O2. The van der Waals surface area contributed by atoms with Crippen molar-refractivity contribution in [3.8, 4) is 0 Å². The van der Waals surface area contributed by atoms with Gasteiger partial charge in [-0.25, -0.2) is 0 Å². The summed E-state index contributed by atoms with van der Waals surface area (Å²) >= 11 is 0. The molecule has 3 heteroatoms. The molecule has 0 aromatic heterocycles. The molecule has 20 heavy (non-hydrogen) atoms. The van der Waals surface area contributed by atoms with E-state index < -0.39 is 0 Å². The molecule has 0 aromatic carbocycles. The number of rotatable bonds is 3. The Morgan fingerprint density at radius 1 is 1.20 bits per heavy atom. The van der Waals surface area contributed by atoms with Gasteiger partial charge in [-0.1, -0.05) is 13.8 Å². The van der Waals surface area contributed by atoms with Gasteiger partial charge >= 0.3 is 0 Å². The van der Waals surface area contributed by atoms with Crippen LogP contribution in [0.25, 0.3) is 0 Å². The van der Waals surface area contributed by atoms with Crippen LogP contribution < -0.4 is 5.32 Å². The third-order valence-electron chi connectivity index (χ3n) is 6.40. The Morgan fingerprint density at radius 2 is 2.00 bits per heavy atom. The highest BCUT2D eigenvalue weighted by Gasteiger charge is 2.52. The summed E-state index contributed by atoms with van der Waals surface area (Å²) in [6, 6.07) is 1.39. The van der Waals surface area contributed by atoms with Crippen LogP contribution in [0.5, 0.6) is 0 Å². The zero-order chi connectivity index (χ0) is 13.9. The van der Waals surface area contributed by atoms with Crippen molar-refractivity contribution >= 4 is 0 Å². The summed E-state index contributed by atoms with van der Waals surface area (Å²) in [6.45, 7) is 9.62. The van der Waals surface area contributed by atoms with Gasteiger partial charge in [0.2, 0.25) is 0 Å². The third kappa shape index (κ3) is 2.13. The molecule has 3 aliphatic heterocycles. The molecule has 5 unspecified atom stereocenters. The summed E-state index contributed by atoms with van der Waals surface area (Å²) in [5.41, 5.74) is 0.354. The van der Waals surface area contributed by atoms with Crippen LogP contribution >= 0.6 is 0 Å². The second-order valence-corrected chi connectivity index (χ2v) is 8.23. The van der Waals surface area contributed by atoms with Crippen LogP contribution in [0.4, 0.5) is 0 Å². The second-order valence-electron chi connectivity index (χ2n) is 8.23. The number of nitrogens with one attached hydrogen (secondary N) is 1. The van der Waals surface area contributed by atoms with E-state index in [0.29, 0.717) is 29.8 Å². The minimum absolute atomic E-state index is 0.354. The zero-order valence-corrected chi connectivity index (χ0v) is 13.3. The van der Waals surface area contributed by atoms with Gasteiger partial charge in [0.1, 0.15) is 0 Å². The van der Waals surface area contributed by atoms with Crippen molar-refractivity contribution in [1.82, 2.24) is 10.2 Å². The first-order chi connectivity index (χ1) is 9.57. The summed E-state index contributed by atoms with van der Waals surface area (Å²) in [5.74, 6) is 1.64. The third-order valence-corrected chi connectivity index (χ3v) is 6.40. The van der Waals surface area contributed by atoms with E-state index in [1.54, 1.807) is 0 Å². The van der Waals surface area contributed by atoms with E-state index in [4.69, 9.17) is 4.74 Å². The summed E-state index contributed by atoms with van der Waals surface area (Å²) in [5, 5.41) is 3.90. The number of piperazine rings is 1. The summed E-state index contributed by atoms with van der Waals surface area (Å²) < 4.78 is 6.15. The number of ether oxygens (including phenoxy) is 1. The molecule has 3 heterocycles. The molecule has 4 rings (SSSR count). The minimum Gasteiger partial charge on any atom is -0.373 e. The molecule has 4 aliphatic rings. The van der Waals surface area contributed by atoms with E-state index in [2.05, 4.69) is 31.0 Å². The maximum Gasteiger partial charge on any atom is 0.0736 e. The Morgan fingerprint density at radius 3 is 2.55 bits per heavy atom. The quantitative estimate of drug-likeness (QED) is 0.858. The molecule has 0 amide bonds. The predicted octanol–water partition coefficient (Wildman–Crippen LogP) is 2.40. The smallest absolute Gasteiger partial charge is 0.0736 e. The van der Waals surface area contributed by atoms with Crippen LogP contribution in [0.15, 0.2) is 0 Å². The fourth-order valence-electron chi connectivity index (χ4n) is 4.94. The maximum absolute atomic E-state index is 6.15. The Hall–Kier alpha value is -0.120. The average molecular weight is 278 g/mol. The summed E-state index contributed by atoms with van der Waals surface area (Å²) in [7, 11) is 0. The van der Waals surface area contributed by atoms with E-state index in [-0.39, 0.29) is 0 Å². The van der Waals surface area contributed by atoms with E-state index in [0.717, 1.165) is 11.8 Å². The molecule has 5 atom stereocenters. The molecular formula is C17H30N2O. The lowest BCUT2D eigenvalue weighted by Gasteiger charge is -2.51. The number of hydrogen-bond donors (Lipinski definition) is 1. The Balaban J connectivity index is 1.55. The fraction of sp³-hybridized carbons (Fsp3) is 1.00. The Labute approximate surface area is 123 Å². The lowest BCUT2D eigenvalue weighted by Crippen LogP contribution is -2.68. The minimum atomic E-state index is 0.354. The highest BCUT2D eigenvalue weighted by molar-refractivity contribution is 5.08. The largest absolute Gasteiger partial charge is 0.373 e. The second kappa shape index (κ2) is 4.69. The van der Waals surface area contributed by atoms with E-state index >= 15 is 0 Å². The van der Waals surface area contributed by atoms with Crippen LogP contribution in [-0.4, -0.2) is 47.8 Å². The van der Waals surface area contributed by atoms with Crippen molar-refractivity contribution in [2.75, 3.05) is 13.1 Å². The molecule has 3 nitrogen and oxygen atoms in total. The first-order valence-corrected chi connectivity index (χ1v) is 8.73. The molecule has 1 saturated carbocycles. The molecule has 3 saturated heterocycles. The van der Waals surface area contributed by atoms with Gasteiger partial charge in [0.05, 0.1) is 12.2 Å². The lowest BCUT2D eigenvalue weighted by atomic mass is 9.84. The zero-order valence-electron chi connectivity index (χ0n) is 13.3. The Bertz CT molecular complexity index is 381. The van der Waals surface area contributed by atoms with Crippen molar-refractivity contribution in [2.45, 2.75) is 82.7 Å². The number of fused-ring (bicyclic) bond motifs is 2. The van der Waals surface area contributed by atoms with E-state index in [1.165, 1.54) is 45.2 Å². The molecule has 0 spiro atoms. The molecular weight excluding hydrogens is 248 g/mol. The standard InChI is InChI=1S/C17H30N2O/c1-11(2)15-9-18-17(3,12-4-5-12)10-19(15)14-8-13-6-7-16(14)20-13/h11-16,18H,4-10H2,1-3H3. The number of hydrogen-bond acceptors (Lipinski definition) is 3. The molecule has 114 valence electrons. The van der Waals surface area contributed by atoms with Crippen LogP contribution in [0.1, 0.15) is 52.9 Å². The van der Waals surface area contributed by atoms with Crippen LogP contribution in [-0.2, 0) is 4.74 Å². The molecule has 4 fully saturated rings.